The predicted molar refractivity (Wildman–Crippen MR) is 125 cm³/mol. The number of carbonyl (C=O) groups is 3. The van der Waals surface area contributed by atoms with Gasteiger partial charge in [-0.05, 0) is 48.0 Å². The summed E-state index contributed by atoms with van der Waals surface area (Å²) in [4.78, 5) is 39.3. The number of nitrogens with zero attached hydrogens (tertiary/aromatic N) is 3. The van der Waals surface area contributed by atoms with Crippen LogP contribution in [0.2, 0.25) is 0 Å². The SMILES string of the molecule is O=C(Nc1cnn(Cc2cccc(C(F)(F)F)c2)c1)c1cccc(N2C(=O)c3ccccc3C2=O)c1. The quantitative estimate of drug-likeness (QED) is 0.399. The van der Waals surface area contributed by atoms with Crippen LogP contribution >= 0.6 is 0 Å². The van der Waals surface area contributed by atoms with Crippen LogP contribution in [0, 0.1) is 0 Å². The number of hydrogen-bond donors (Lipinski definition) is 1. The number of anilines is 2. The Morgan fingerprint density at radius 1 is 0.889 bits per heavy atom. The predicted octanol–water partition coefficient (Wildman–Crippen LogP) is 5.00. The van der Waals surface area contributed by atoms with Gasteiger partial charge in [0.1, 0.15) is 0 Å². The molecule has 0 atom stereocenters. The molecule has 3 amide bonds. The van der Waals surface area contributed by atoms with Crippen molar-refractivity contribution in [1.82, 2.24) is 9.78 Å². The maximum absolute atomic E-state index is 12.9. The minimum atomic E-state index is -4.44. The smallest absolute Gasteiger partial charge is 0.319 e. The Balaban J connectivity index is 1.30. The second kappa shape index (κ2) is 8.81. The molecule has 0 fully saturated rings. The normalized spacial score (nSPS) is 13.1. The van der Waals surface area contributed by atoms with Crippen molar-refractivity contribution in [3.63, 3.8) is 0 Å². The third kappa shape index (κ3) is 4.36. The van der Waals surface area contributed by atoms with Crippen molar-refractivity contribution in [2.75, 3.05) is 10.2 Å². The molecule has 180 valence electrons. The van der Waals surface area contributed by atoms with Crippen LogP contribution in [0.1, 0.15) is 42.2 Å². The number of benzene rings is 3. The summed E-state index contributed by atoms with van der Waals surface area (Å²) in [6.45, 7) is 0.0784. The van der Waals surface area contributed by atoms with E-state index in [0.29, 0.717) is 22.4 Å². The number of carbonyl (C=O) groups excluding carboxylic acids is 3. The van der Waals surface area contributed by atoms with E-state index in [9.17, 15) is 27.6 Å². The maximum Gasteiger partial charge on any atom is 0.416 e. The number of imide groups is 1. The van der Waals surface area contributed by atoms with Gasteiger partial charge in [-0.2, -0.15) is 18.3 Å². The van der Waals surface area contributed by atoms with Gasteiger partial charge in [-0.25, -0.2) is 4.90 Å². The molecule has 3 aromatic carbocycles. The van der Waals surface area contributed by atoms with E-state index < -0.39 is 29.5 Å². The van der Waals surface area contributed by atoms with Gasteiger partial charge in [0.05, 0.1) is 40.8 Å². The van der Waals surface area contributed by atoms with Crippen LogP contribution in [0.3, 0.4) is 0 Å². The van der Waals surface area contributed by atoms with Crippen molar-refractivity contribution >= 4 is 29.1 Å². The summed E-state index contributed by atoms with van der Waals surface area (Å²) >= 11 is 0. The number of aromatic nitrogens is 2. The van der Waals surface area contributed by atoms with Gasteiger partial charge in [0.25, 0.3) is 17.7 Å². The highest BCUT2D eigenvalue weighted by Crippen LogP contribution is 2.30. The van der Waals surface area contributed by atoms with E-state index >= 15 is 0 Å². The van der Waals surface area contributed by atoms with E-state index in [1.165, 1.54) is 35.3 Å². The number of alkyl halides is 3. The lowest BCUT2D eigenvalue weighted by atomic mass is 10.1. The molecule has 0 unspecified atom stereocenters. The molecule has 0 bridgehead atoms. The first kappa shape index (κ1) is 23.0. The summed E-state index contributed by atoms with van der Waals surface area (Å²) in [5, 5.41) is 6.76. The maximum atomic E-state index is 12.9. The van der Waals surface area contributed by atoms with Gasteiger partial charge in [-0.1, -0.05) is 30.3 Å². The summed E-state index contributed by atoms with van der Waals surface area (Å²) in [7, 11) is 0. The molecule has 1 aliphatic rings. The van der Waals surface area contributed by atoms with E-state index in [-0.39, 0.29) is 17.8 Å². The number of amides is 3. The fourth-order valence-electron chi connectivity index (χ4n) is 3.96. The number of rotatable bonds is 5. The van der Waals surface area contributed by atoms with Crippen molar-refractivity contribution in [1.29, 1.82) is 0 Å². The third-order valence-corrected chi connectivity index (χ3v) is 5.65. The summed E-state index contributed by atoms with van der Waals surface area (Å²) in [5.74, 6) is -1.44. The van der Waals surface area contributed by atoms with Crippen molar-refractivity contribution < 1.29 is 27.6 Å². The van der Waals surface area contributed by atoms with Gasteiger partial charge in [0, 0.05) is 11.8 Å². The van der Waals surface area contributed by atoms with Crippen LogP contribution in [0.15, 0.2) is 85.2 Å². The van der Waals surface area contributed by atoms with Crippen LogP contribution < -0.4 is 10.2 Å². The zero-order valence-electron chi connectivity index (χ0n) is 18.5. The van der Waals surface area contributed by atoms with Crippen molar-refractivity contribution in [3.8, 4) is 0 Å². The molecule has 1 aromatic heterocycles. The van der Waals surface area contributed by atoms with Gasteiger partial charge < -0.3 is 5.32 Å². The molecule has 0 spiro atoms. The molecule has 1 N–H and O–H groups in total. The van der Waals surface area contributed by atoms with Crippen LogP contribution in [0.5, 0.6) is 0 Å². The number of halogens is 3. The van der Waals surface area contributed by atoms with Crippen molar-refractivity contribution in [2.45, 2.75) is 12.7 Å². The second-order valence-electron chi connectivity index (χ2n) is 8.12. The highest BCUT2D eigenvalue weighted by atomic mass is 19.4. The van der Waals surface area contributed by atoms with E-state index in [4.69, 9.17) is 0 Å². The molecule has 0 aliphatic carbocycles. The Kier molecular flexibility index (Phi) is 5.63. The third-order valence-electron chi connectivity index (χ3n) is 5.65. The second-order valence-corrected chi connectivity index (χ2v) is 8.12. The first-order chi connectivity index (χ1) is 17.2. The molecule has 7 nitrogen and oxygen atoms in total. The zero-order valence-corrected chi connectivity index (χ0v) is 18.5. The molecule has 2 heterocycles. The minimum Gasteiger partial charge on any atom is -0.319 e. The zero-order chi connectivity index (χ0) is 25.4. The highest BCUT2D eigenvalue weighted by Gasteiger charge is 2.36. The molecule has 1 aliphatic heterocycles. The summed E-state index contributed by atoms with van der Waals surface area (Å²) in [6, 6.07) is 17.5. The highest BCUT2D eigenvalue weighted by molar-refractivity contribution is 6.34. The molecule has 0 saturated heterocycles. The van der Waals surface area contributed by atoms with Crippen LogP contribution in [-0.2, 0) is 12.7 Å². The fourth-order valence-corrected chi connectivity index (χ4v) is 3.96. The Hall–Kier alpha value is -4.73. The van der Waals surface area contributed by atoms with Crippen LogP contribution in [0.25, 0.3) is 0 Å². The van der Waals surface area contributed by atoms with Crippen molar-refractivity contribution in [3.05, 3.63) is 113 Å². The number of hydrogen-bond acceptors (Lipinski definition) is 4. The monoisotopic (exact) mass is 490 g/mol. The van der Waals surface area contributed by atoms with Crippen LogP contribution in [0.4, 0.5) is 24.5 Å². The summed E-state index contributed by atoms with van der Waals surface area (Å²) in [5.41, 5.74) is 1.04. The van der Waals surface area contributed by atoms with Gasteiger partial charge in [-0.15, -0.1) is 0 Å². The average Bonchev–Trinajstić information content (AvgIpc) is 3.40. The Morgan fingerprint density at radius 3 is 2.28 bits per heavy atom. The lowest BCUT2D eigenvalue weighted by Crippen LogP contribution is -2.29. The van der Waals surface area contributed by atoms with E-state index in [0.717, 1.165) is 17.0 Å². The lowest BCUT2D eigenvalue weighted by molar-refractivity contribution is -0.137. The molecular formula is C26H17F3N4O3. The average molecular weight is 490 g/mol. The topological polar surface area (TPSA) is 84.3 Å². The van der Waals surface area contributed by atoms with Gasteiger partial charge in [0.2, 0.25) is 0 Å². The largest absolute Gasteiger partial charge is 0.416 e. The first-order valence-electron chi connectivity index (χ1n) is 10.8. The van der Waals surface area contributed by atoms with E-state index in [1.807, 2.05) is 0 Å². The van der Waals surface area contributed by atoms with E-state index in [1.54, 1.807) is 42.5 Å². The van der Waals surface area contributed by atoms with Gasteiger partial charge >= 0.3 is 6.18 Å². The molecular weight excluding hydrogens is 473 g/mol. The molecule has 5 rings (SSSR count). The van der Waals surface area contributed by atoms with Crippen molar-refractivity contribution in [2.24, 2.45) is 0 Å². The van der Waals surface area contributed by atoms with E-state index in [2.05, 4.69) is 10.4 Å². The summed E-state index contributed by atoms with van der Waals surface area (Å²) in [6.07, 6.45) is -1.58. The molecule has 0 saturated carbocycles. The Morgan fingerprint density at radius 2 is 1.58 bits per heavy atom. The molecule has 36 heavy (non-hydrogen) atoms. The molecule has 0 radical (unpaired) electrons. The standard InChI is InChI=1S/C26H17F3N4O3/c27-26(28,29)18-7-3-5-16(11-18)14-32-15-19(13-30-32)31-23(34)17-6-4-8-20(12-17)33-24(35)21-9-1-2-10-22(21)25(33)36/h1-13,15H,14H2,(H,31,34). The number of nitrogens with one attached hydrogen (secondary N) is 1. The fraction of sp³-hybridized carbons (Fsp3) is 0.0769. The minimum absolute atomic E-state index is 0.0784. The number of fused-ring (bicyclic) bond motifs is 1. The van der Waals surface area contributed by atoms with Crippen LogP contribution in [-0.4, -0.2) is 27.5 Å². The van der Waals surface area contributed by atoms with Gasteiger partial charge in [0.15, 0.2) is 0 Å². The molecule has 10 heteroatoms. The Labute approximate surface area is 202 Å². The molecule has 4 aromatic rings. The van der Waals surface area contributed by atoms with Gasteiger partial charge in [-0.3, -0.25) is 19.1 Å². The summed E-state index contributed by atoms with van der Waals surface area (Å²) < 4.78 is 40.2. The first-order valence-corrected chi connectivity index (χ1v) is 10.8. The Bertz CT molecular complexity index is 1480. The lowest BCUT2D eigenvalue weighted by Gasteiger charge is -2.15.